The zero-order valence-corrected chi connectivity index (χ0v) is 25.6. The van der Waals surface area contributed by atoms with Crippen LogP contribution in [0.4, 0.5) is 22.7 Å². The molecule has 0 bridgehead atoms. The van der Waals surface area contributed by atoms with E-state index >= 15 is 0 Å². The van der Waals surface area contributed by atoms with E-state index in [1.165, 1.54) is 51.4 Å². The molecule has 1 unspecified atom stereocenters. The molecule has 7 rings (SSSR count). The number of nitrogens with zero attached hydrogens (tertiary/aromatic N) is 1. The molecule has 0 aromatic heterocycles. The molecule has 1 fully saturated rings. The first kappa shape index (κ1) is 26.1. The van der Waals surface area contributed by atoms with Crippen LogP contribution in [0.5, 0.6) is 0 Å². The van der Waals surface area contributed by atoms with Crippen molar-refractivity contribution in [2.24, 2.45) is 23.7 Å². The molecule has 1 heterocycles. The van der Waals surface area contributed by atoms with E-state index in [-0.39, 0.29) is 0 Å². The topological polar surface area (TPSA) is 15.3 Å². The number of fused-ring (bicyclic) bond motifs is 3. The number of hydrogen-bond donors (Lipinski definition) is 1. The van der Waals surface area contributed by atoms with E-state index in [2.05, 4.69) is 158 Å². The van der Waals surface area contributed by atoms with Gasteiger partial charge in [0, 0.05) is 0 Å². The Labute approximate surface area is 246 Å². The highest BCUT2D eigenvalue weighted by Crippen LogP contribution is 2.61. The number of allylic oxidation sites excluding steroid dienone is 4. The van der Waals surface area contributed by atoms with Crippen molar-refractivity contribution in [3.8, 4) is 11.1 Å². The van der Waals surface area contributed by atoms with Crippen molar-refractivity contribution in [2.75, 3.05) is 9.88 Å². The van der Waals surface area contributed by atoms with E-state index in [9.17, 15) is 0 Å². The molecule has 1 aliphatic heterocycles. The first-order chi connectivity index (χ1) is 19.9. The van der Waals surface area contributed by atoms with Crippen LogP contribution in [-0.2, 0) is 0 Å². The van der Waals surface area contributed by atoms with Crippen molar-refractivity contribution in [2.45, 2.75) is 38.9 Å². The maximum Gasteiger partial charge on any atom is 0.160 e. The largest absolute Gasteiger partial charge is 0.366 e. The number of anilines is 4. The zero-order valence-electron chi connectivity index (χ0n) is 24.6. The second-order valence-corrected chi connectivity index (χ2v) is 17.4. The van der Waals surface area contributed by atoms with Gasteiger partial charge in [-0.05, 0) is 88.2 Å². The normalized spacial score (nSPS) is 23.0. The van der Waals surface area contributed by atoms with Crippen molar-refractivity contribution in [3.63, 3.8) is 0 Å². The Morgan fingerprint density at radius 2 is 1.34 bits per heavy atom. The lowest BCUT2D eigenvalue weighted by Crippen LogP contribution is -2.54. The van der Waals surface area contributed by atoms with Crippen LogP contribution >= 0.6 is 0 Å². The minimum atomic E-state index is -2.09. The Balaban J connectivity index is 1.30. The average Bonchev–Trinajstić information content (AvgIpc) is 3.42. The van der Waals surface area contributed by atoms with Gasteiger partial charge in [0.25, 0.3) is 0 Å². The Hall–Kier alpha value is -3.82. The molecule has 2 nitrogen and oxygen atoms in total. The molecule has 4 atom stereocenters. The van der Waals surface area contributed by atoms with Gasteiger partial charge in [-0.1, -0.05) is 118 Å². The summed E-state index contributed by atoms with van der Waals surface area (Å²) >= 11 is 0. The SMILES string of the molecule is CC(C)[C@@H]1C[C@@H]2C(c3cccc(-c4ccccc4)c3)=CC=C[C@@H]2C1[Si](C)(C)N1c2ccccc2Nc2ccccc21. The maximum absolute atomic E-state index is 3.73. The molecule has 1 N–H and O–H groups in total. The first-order valence-corrected chi connectivity index (χ1v) is 18.3. The van der Waals surface area contributed by atoms with Crippen molar-refractivity contribution in [1.82, 2.24) is 0 Å². The molecule has 3 aliphatic rings. The fourth-order valence-corrected chi connectivity index (χ4v) is 13.0. The summed E-state index contributed by atoms with van der Waals surface area (Å²) in [5.74, 6) is 2.39. The quantitative estimate of drug-likeness (QED) is 0.248. The number of rotatable bonds is 5. The fraction of sp³-hybridized carbons (Fsp3) is 0.263. The van der Waals surface area contributed by atoms with Gasteiger partial charge in [-0.2, -0.15) is 0 Å². The van der Waals surface area contributed by atoms with Crippen LogP contribution < -0.4 is 9.88 Å². The summed E-state index contributed by atoms with van der Waals surface area (Å²) < 4.78 is 2.79. The van der Waals surface area contributed by atoms with Gasteiger partial charge < -0.3 is 9.88 Å². The minimum absolute atomic E-state index is 0.540. The molecule has 2 aliphatic carbocycles. The van der Waals surface area contributed by atoms with Crippen molar-refractivity contribution >= 4 is 36.6 Å². The van der Waals surface area contributed by atoms with Crippen LogP contribution in [0.15, 0.2) is 121 Å². The van der Waals surface area contributed by atoms with E-state index in [1.54, 1.807) is 0 Å². The van der Waals surface area contributed by atoms with Gasteiger partial charge in [0.2, 0.25) is 0 Å². The number of hydrogen-bond acceptors (Lipinski definition) is 2. The van der Waals surface area contributed by atoms with Crippen molar-refractivity contribution < 1.29 is 0 Å². The minimum Gasteiger partial charge on any atom is -0.366 e. The lowest BCUT2D eigenvalue weighted by atomic mass is 9.80. The van der Waals surface area contributed by atoms with E-state index in [4.69, 9.17) is 0 Å². The van der Waals surface area contributed by atoms with Crippen molar-refractivity contribution in [3.05, 3.63) is 127 Å². The highest BCUT2D eigenvalue weighted by Gasteiger charge is 2.55. The molecule has 4 aromatic rings. The van der Waals surface area contributed by atoms with Gasteiger partial charge in [0.1, 0.15) is 0 Å². The second kappa shape index (κ2) is 10.2. The molecule has 3 heteroatoms. The highest BCUT2D eigenvalue weighted by atomic mass is 28.3. The lowest BCUT2D eigenvalue weighted by Gasteiger charge is -2.50. The molecule has 1 saturated carbocycles. The zero-order chi connectivity index (χ0) is 28.1. The summed E-state index contributed by atoms with van der Waals surface area (Å²) in [6.45, 7) is 10.2. The lowest BCUT2D eigenvalue weighted by molar-refractivity contribution is 0.379. The van der Waals surface area contributed by atoms with E-state index < -0.39 is 8.24 Å². The molecule has 0 radical (unpaired) electrons. The summed E-state index contributed by atoms with van der Waals surface area (Å²) in [5, 5.41) is 3.73. The van der Waals surface area contributed by atoms with Crippen LogP contribution in [0.2, 0.25) is 18.6 Å². The maximum atomic E-state index is 3.73. The summed E-state index contributed by atoms with van der Waals surface area (Å²) in [6.07, 6.45) is 8.60. The third-order valence-corrected chi connectivity index (χ3v) is 14.1. The molecule has 0 saturated heterocycles. The number of para-hydroxylation sites is 4. The Kier molecular flexibility index (Phi) is 6.51. The number of benzene rings is 4. The van der Waals surface area contributed by atoms with Gasteiger partial charge in [-0.3, -0.25) is 0 Å². The third kappa shape index (κ3) is 4.38. The Bertz CT molecular complexity index is 1590. The first-order valence-electron chi connectivity index (χ1n) is 15.2. The van der Waals surface area contributed by atoms with Crippen LogP contribution in [-0.4, -0.2) is 8.24 Å². The van der Waals surface area contributed by atoms with E-state index in [0.717, 1.165) is 0 Å². The van der Waals surface area contributed by atoms with Gasteiger partial charge in [0.05, 0.1) is 22.7 Å². The van der Waals surface area contributed by atoms with Crippen molar-refractivity contribution in [1.29, 1.82) is 0 Å². The van der Waals surface area contributed by atoms with Gasteiger partial charge >= 0.3 is 0 Å². The number of nitrogens with one attached hydrogen (secondary N) is 1. The average molecular weight is 553 g/mol. The predicted molar refractivity (Wildman–Crippen MR) is 178 cm³/mol. The molecule has 41 heavy (non-hydrogen) atoms. The highest BCUT2D eigenvalue weighted by molar-refractivity contribution is 6.84. The summed E-state index contributed by atoms with van der Waals surface area (Å²) in [5.41, 5.74) is 11.2. The Morgan fingerprint density at radius 1 is 0.732 bits per heavy atom. The standard InChI is InChI=1S/C38H40N2Si/c1-26(2)32-25-33-30(29-17-12-16-28(24-29)27-14-6-5-7-15-27)18-13-19-31(33)38(32)41(3,4)40-36-22-10-8-20-34(36)39-35-21-9-11-23-37(35)40/h5-24,26,31-33,38-39H,25H2,1-4H3/t31-,32-,33+,38?/m0/s1. The Morgan fingerprint density at radius 3 is 2.02 bits per heavy atom. The van der Waals surface area contributed by atoms with Gasteiger partial charge in [-0.15, -0.1) is 0 Å². The van der Waals surface area contributed by atoms with Crippen LogP contribution in [0, 0.1) is 23.7 Å². The van der Waals surface area contributed by atoms with Crippen LogP contribution in [0.3, 0.4) is 0 Å². The third-order valence-electron chi connectivity index (χ3n) is 9.99. The van der Waals surface area contributed by atoms with E-state index in [0.29, 0.717) is 29.2 Å². The van der Waals surface area contributed by atoms with Gasteiger partial charge in [0.15, 0.2) is 8.24 Å². The molecule has 4 aromatic carbocycles. The molecule has 206 valence electrons. The molecular formula is C38H40N2Si. The second-order valence-electron chi connectivity index (χ2n) is 13.0. The smallest absolute Gasteiger partial charge is 0.160 e. The van der Waals surface area contributed by atoms with E-state index in [1.807, 2.05) is 0 Å². The summed E-state index contributed by atoms with van der Waals surface area (Å²) in [4.78, 5) is 0. The molecular weight excluding hydrogens is 513 g/mol. The predicted octanol–water partition coefficient (Wildman–Crippen LogP) is 10.7. The monoisotopic (exact) mass is 552 g/mol. The van der Waals surface area contributed by atoms with Crippen LogP contribution in [0.25, 0.3) is 16.7 Å². The fourth-order valence-electron chi connectivity index (χ4n) is 8.23. The summed E-state index contributed by atoms with van der Waals surface area (Å²) in [7, 11) is -2.09. The molecule has 0 spiro atoms. The molecule has 0 amide bonds. The van der Waals surface area contributed by atoms with Gasteiger partial charge in [-0.25, -0.2) is 0 Å². The van der Waals surface area contributed by atoms with Crippen LogP contribution in [0.1, 0.15) is 25.8 Å². The summed E-state index contributed by atoms with van der Waals surface area (Å²) in [6, 6.07) is 37.9.